The Kier molecular flexibility index (Phi) is 6.48. The van der Waals surface area contributed by atoms with E-state index >= 15 is 0 Å². The Morgan fingerprint density at radius 2 is 1.52 bits per heavy atom. The fourth-order valence-electron chi connectivity index (χ4n) is 3.24. The van der Waals surface area contributed by atoms with E-state index in [1.54, 1.807) is 36.4 Å². The van der Waals surface area contributed by atoms with Gasteiger partial charge < -0.3 is 5.32 Å². The number of anilines is 1. The summed E-state index contributed by atoms with van der Waals surface area (Å²) in [6, 6.07) is 24.5. The van der Waals surface area contributed by atoms with Gasteiger partial charge in [-0.1, -0.05) is 84.1 Å². The predicted molar refractivity (Wildman–Crippen MR) is 131 cm³/mol. The summed E-state index contributed by atoms with van der Waals surface area (Å²) >= 11 is 1.13. The lowest BCUT2D eigenvalue weighted by atomic mass is 10.1. The standard InChI is InChI=1S/C25H20N2O4S2.H2/c1-33(30,31)20-14-12-17(13-15-20)16-21(28)26-25-27-22(18-8-4-2-5-9-18)24(32-25)23(29)19-10-6-3-7-11-19;/h2-15H,16H2,1H3,(H,26,27,28);1H. The van der Waals surface area contributed by atoms with Crippen molar-refractivity contribution in [3.8, 4) is 11.3 Å². The molecule has 4 rings (SSSR count). The molecule has 4 aromatic rings. The molecule has 0 radical (unpaired) electrons. The minimum atomic E-state index is -3.30. The third-order valence-electron chi connectivity index (χ3n) is 4.88. The Labute approximate surface area is 197 Å². The Morgan fingerprint density at radius 3 is 2.12 bits per heavy atom. The summed E-state index contributed by atoms with van der Waals surface area (Å²) in [5, 5.41) is 3.10. The van der Waals surface area contributed by atoms with Crippen molar-refractivity contribution in [2.75, 3.05) is 11.6 Å². The van der Waals surface area contributed by atoms with Crippen LogP contribution in [0.3, 0.4) is 0 Å². The summed E-state index contributed by atoms with van der Waals surface area (Å²) in [4.78, 5) is 30.9. The van der Waals surface area contributed by atoms with Crippen LogP contribution in [0.15, 0.2) is 89.8 Å². The first-order valence-electron chi connectivity index (χ1n) is 10.1. The lowest BCUT2D eigenvalue weighted by Crippen LogP contribution is -2.14. The Bertz CT molecular complexity index is 1400. The van der Waals surface area contributed by atoms with Crippen LogP contribution in [-0.2, 0) is 21.1 Å². The van der Waals surface area contributed by atoms with Gasteiger partial charge in [0, 0.05) is 18.8 Å². The predicted octanol–water partition coefficient (Wildman–Crippen LogP) is 4.87. The molecule has 1 amide bonds. The van der Waals surface area contributed by atoms with Gasteiger partial charge in [0.2, 0.25) is 11.7 Å². The van der Waals surface area contributed by atoms with E-state index in [-0.39, 0.29) is 24.4 Å². The number of nitrogens with one attached hydrogen (secondary N) is 1. The highest BCUT2D eigenvalue weighted by Gasteiger charge is 2.21. The summed E-state index contributed by atoms with van der Waals surface area (Å²) in [5.74, 6) is -0.474. The molecule has 0 fully saturated rings. The lowest BCUT2D eigenvalue weighted by Gasteiger charge is -2.03. The highest BCUT2D eigenvalue weighted by atomic mass is 32.2. The molecule has 1 heterocycles. The highest BCUT2D eigenvalue weighted by molar-refractivity contribution is 7.90. The Hall–Kier alpha value is -3.62. The normalized spacial score (nSPS) is 11.2. The molecule has 0 spiro atoms. The number of carbonyl (C=O) groups is 2. The largest absolute Gasteiger partial charge is 0.302 e. The van der Waals surface area contributed by atoms with E-state index in [9.17, 15) is 18.0 Å². The summed E-state index contributed by atoms with van der Waals surface area (Å²) in [6.07, 6.45) is 1.18. The zero-order valence-electron chi connectivity index (χ0n) is 17.7. The average Bonchev–Trinajstić information content (AvgIpc) is 3.23. The molecule has 0 atom stereocenters. The number of ketones is 1. The summed E-state index contributed by atoms with van der Waals surface area (Å²) in [7, 11) is -3.30. The first-order chi connectivity index (χ1) is 15.8. The molecule has 168 valence electrons. The number of benzene rings is 3. The van der Waals surface area contributed by atoms with Crippen molar-refractivity contribution < 1.29 is 19.4 Å². The van der Waals surface area contributed by atoms with E-state index in [2.05, 4.69) is 10.3 Å². The molecule has 3 aromatic carbocycles. The van der Waals surface area contributed by atoms with E-state index in [0.717, 1.165) is 23.2 Å². The number of amides is 1. The molecule has 0 bridgehead atoms. The summed E-state index contributed by atoms with van der Waals surface area (Å²) in [6.45, 7) is 0. The molecule has 0 unspecified atom stereocenters. The third kappa shape index (κ3) is 5.42. The van der Waals surface area contributed by atoms with Crippen LogP contribution in [0.1, 0.15) is 22.2 Å². The second-order valence-electron chi connectivity index (χ2n) is 7.40. The molecule has 1 N–H and O–H groups in total. The van der Waals surface area contributed by atoms with E-state index < -0.39 is 9.84 Å². The molecule has 0 aliphatic rings. The number of carbonyl (C=O) groups excluding carboxylic acids is 2. The molecule has 0 saturated carbocycles. The first kappa shape index (κ1) is 22.6. The van der Waals surface area contributed by atoms with Crippen LogP contribution in [-0.4, -0.2) is 31.3 Å². The minimum Gasteiger partial charge on any atom is -0.302 e. The monoisotopic (exact) mass is 478 g/mol. The number of rotatable bonds is 7. The zero-order valence-corrected chi connectivity index (χ0v) is 19.3. The Morgan fingerprint density at radius 1 is 0.909 bits per heavy atom. The van der Waals surface area contributed by atoms with Crippen LogP contribution in [0.2, 0.25) is 0 Å². The number of aromatic nitrogens is 1. The van der Waals surface area contributed by atoms with Gasteiger partial charge in [0.15, 0.2) is 15.0 Å². The molecule has 33 heavy (non-hydrogen) atoms. The minimum absolute atomic E-state index is 0. The fourth-order valence-corrected chi connectivity index (χ4v) is 4.84. The Balaban J connectivity index is 0.00000324. The fraction of sp³-hybridized carbons (Fsp3) is 0.0800. The van der Waals surface area contributed by atoms with Crippen LogP contribution in [0.4, 0.5) is 5.13 Å². The number of thiazole rings is 1. The van der Waals surface area contributed by atoms with Gasteiger partial charge in [0.1, 0.15) is 4.88 Å². The smallest absolute Gasteiger partial charge is 0.230 e. The highest BCUT2D eigenvalue weighted by Crippen LogP contribution is 2.33. The van der Waals surface area contributed by atoms with Crippen molar-refractivity contribution in [3.05, 3.63) is 101 Å². The van der Waals surface area contributed by atoms with Crippen molar-refractivity contribution in [1.29, 1.82) is 0 Å². The van der Waals surface area contributed by atoms with Gasteiger partial charge >= 0.3 is 0 Å². The topological polar surface area (TPSA) is 93.2 Å². The van der Waals surface area contributed by atoms with Gasteiger partial charge in [-0.2, -0.15) is 0 Å². The van der Waals surface area contributed by atoms with Gasteiger partial charge in [0.25, 0.3) is 0 Å². The van der Waals surface area contributed by atoms with Crippen molar-refractivity contribution in [3.63, 3.8) is 0 Å². The first-order valence-corrected chi connectivity index (χ1v) is 12.8. The number of hydrogen-bond donors (Lipinski definition) is 1. The van der Waals surface area contributed by atoms with Crippen molar-refractivity contribution in [2.24, 2.45) is 0 Å². The van der Waals surface area contributed by atoms with Gasteiger partial charge in [-0.05, 0) is 17.7 Å². The zero-order chi connectivity index (χ0) is 23.4. The maximum absolute atomic E-state index is 13.2. The maximum atomic E-state index is 13.2. The van der Waals surface area contributed by atoms with Crippen molar-refractivity contribution >= 4 is 38.0 Å². The maximum Gasteiger partial charge on any atom is 0.230 e. The average molecular weight is 479 g/mol. The van der Waals surface area contributed by atoms with E-state index in [4.69, 9.17) is 0 Å². The van der Waals surface area contributed by atoms with Gasteiger partial charge in [0.05, 0.1) is 17.0 Å². The molecule has 0 aliphatic carbocycles. The van der Waals surface area contributed by atoms with Gasteiger partial charge in [-0.15, -0.1) is 0 Å². The van der Waals surface area contributed by atoms with E-state index in [0.29, 0.717) is 26.8 Å². The van der Waals surface area contributed by atoms with Crippen LogP contribution >= 0.6 is 11.3 Å². The van der Waals surface area contributed by atoms with E-state index in [1.165, 1.54) is 12.1 Å². The second kappa shape index (κ2) is 9.48. The molecule has 0 saturated heterocycles. The molecule has 8 heteroatoms. The van der Waals surface area contributed by atoms with E-state index in [1.807, 2.05) is 36.4 Å². The van der Waals surface area contributed by atoms with Crippen LogP contribution in [0.25, 0.3) is 11.3 Å². The number of sulfone groups is 1. The number of nitrogens with zero attached hydrogens (tertiary/aromatic N) is 1. The summed E-state index contributed by atoms with van der Waals surface area (Å²) < 4.78 is 23.2. The lowest BCUT2D eigenvalue weighted by molar-refractivity contribution is -0.115. The SMILES string of the molecule is CS(=O)(=O)c1ccc(CC(=O)Nc2nc(-c3ccccc3)c(C(=O)c3ccccc3)s2)cc1.[HH]. The quantitative estimate of drug-likeness (QED) is 0.383. The molecular weight excluding hydrogens is 456 g/mol. The number of hydrogen-bond acceptors (Lipinski definition) is 6. The van der Waals surface area contributed by atoms with Crippen molar-refractivity contribution in [2.45, 2.75) is 11.3 Å². The van der Waals surface area contributed by atoms with Gasteiger partial charge in [-0.3, -0.25) is 9.59 Å². The summed E-state index contributed by atoms with van der Waals surface area (Å²) in [5.41, 5.74) is 2.51. The molecule has 6 nitrogen and oxygen atoms in total. The van der Waals surface area contributed by atoms with Gasteiger partial charge in [-0.25, -0.2) is 13.4 Å². The molecule has 0 aliphatic heterocycles. The van der Waals surface area contributed by atoms with Crippen LogP contribution in [0.5, 0.6) is 0 Å². The second-order valence-corrected chi connectivity index (χ2v) is 10.4. The third-order valence-corrected chi connectivity index (χ3v) is 6.98. The van der Waals surface area contributed by atoms with Crippen LogP contribution < -0.4 is 5.32 Å². The molecular formula is C25H22N2O4S2. The van der Waals surface area contributed by atoms with Crippen molar-refractivity contribution in [1.82, 2.24) is 4.98 Å². The van der Waals surface area contributed by atoms with Crippen LogP contribution in [0, 0.1) is 0 Å². The molecule has 1 aromatic heterocycles.